The fourth-order valence-electron chi connectivity index (χ4n) is 2.66. The van der Waals surface area contributed by atoms with Gasteiger partial charge in [-0.25, -0.2) is 10.3 Å². The Labute approximate surface area is 152 Å². The van der Waals surface area contributed by atoms with Gasteiger partial charge in [-0.1, -0.05) is 18.7 Å². The Balaban J connectivity index is 1.65. The molecule has 5 heteroatoms. The predicted octanol–water partition coefficient (Wildman–Crippen LogP) is 3.75. The summed E-state index contributed by atoms with van der Waals surface area (Å²) in [5.41, 5.74) is 7.03. The second-order valence-corrected chi connectivity index (χ2v) is 5.84. The van der Waals surface area contributed by atoms with E-state index in [-0.39, 0.29) is 5.97 Å². The van der Waals surface area contributed by atoms with E-state index in [1.165, 1.54) is 6.08 Å². The van der Waals surface area contributed by atoms with Crippen molar-refractivity contribution in [2.24, 2.45) is 0 Å². The number of carbonyl (C=O) groups is 1. The number of aryl methyl sites for hydroxylation is 1. The lowest BCUT2D eigenvalue weighted by Crippen LogP contribution is -2.20. The van der Waals surface area contributed by atoms with E-state index in [0.717, 1.165) is 46.7 Å². The van der Waals surface area contributed by atoms with Gasteiger partial charge in [0.1, 0.15) is 5.75 Å². The van der Waals surface area contributed by atoms with Crippen LogP contribution >= 0.6 is 0 Å². The summed E-state index contributed by atoms with van der Waals surface area (Å²) < 4.78 is 10.2. The Kier molecular flexibility index (Phi) is 5.59. The van der Waals surface area contributed by atoms with Crippen LogP contribution < -0.4 is 15.1 Å². The van der Waals surface area contributed by atoms with Crippen LogP contribution in [-0.2, 0) is 16.0 Å². The van der Waals surface area contributed by atoms with Crippen molar-refractivity contribution in [2.45, 2.75) is 12.8 Å². The van der Waals surface area contributed by atoms with Crippen molar-refractivity contribution in [3.05, 3.63) is 71.8 Å². The van der Waals surface area contributed by atoms with Crippen molar-refractivity contribution in [3.8, 4) is 11.5 Å². The van der Waals surface area contributed by atoms with Gasteiger partial charge in [0.2, 0.25) is 0 Å². The highest BCUT2D eigenvalue weighted by Crippen LogP contribution is 2.29. The summed E-state index contributed by atoms with van der Waals surface area (Å²) in [4.78, 5) is 16.7. The first-order valence-corrected chi connectivity index (χ1v) is 8.40. The third-order valence-corrected chi connectivity index (χ3v) is 4.07. The third-order valence-electron chi connectivity index (χ3n) is 4.07. The van der Waals surface area contributed by atoms with Crippen LogP contribution in [0, 0.1) is 0 Å². The van der Waals surface area contributed by atoms with E-state index in [4.69, 9.17) is 14.3 Å². The van der Waals surface area contributed by atoms with Gasteiger partial charge in [0.15, 0.2) is 5.75 Å². The lowest BCUT2D eigenvalue weighted by atomic mass is 10.0. The summed E-state index contributed by atoms with van der Waals surface area (Å²) in [6.07, 6.45) is 4.77. The molecule has 0 atom stereocenters. The molecule has 5 nitrogen and oxygen atoms in total. The molecule has 0 aromatic heterocycles. The van der Waals surface area contributed by atoms with Crippen LogP contribution in [0.15, 0.2) is 55.1 Å². The number of nitrogens with one attached hydrogen (secondary N) is 1. The van der Waals surface area contributed by atoms with Crippen LogP contribution in [0.2, 0.25) is 0 Å². The molecule has 0 saturated carbocycles. The van der Waals surface area contributed by atoms with Crippen molar-refractivity contribution in [2.75, 3.05) is 13.7 Å². The molecule has 0 radical (unpaired) electrons. The van der Waals surface area contributed by atoms with Crippen molar-refractivity contribution < 1.29 is 19.1 Å². The van der Waals surface area contributed by atoms with E-state index in [1.54, 1.807) is 7.11 Å². The molecule has 0 unspecified atom stereocenters. The van der Waals surface area contributed by atoms with Gasteiger partial charge in [-0.2, -0.15) is 0 Å². The molecule has 0 aliphatic carbocycles. The number of benzene rings is 2. The molecule has 2 aromatic rings. The van der Waals surface area contributed by atoms with Gasteiger partial charge in [0.25, 0.3) is 0 Å². The molecule has 134 valence electrons. The van der Waals surface area contributed by atoms with Crippen LogP contribution in [0.4, 0.5) is 0 Å². The number of esters is 1. The zero-order valence-corrected chi connectivity index (χ0v) is 14.7. The molecule has 1 aliphatic heterocycles. The number of rotatable bonds is 7. The average Bonchev–Trinajstić information content (AvgIpc) is 2.70. The van der Waals surface area contributed by atoms with E-state index >= 15 is 0 Å². The Morgan fingerprint density at radius 3 is 2.77 bits per heavy atom. The van der Waals surface area contributed by atoms with E-state index < -0.39 is 0 Å². The lowest BCUT2D eigenvalue weighted by molar-refractivity contribution is -0.137. The monoisotopic (exact) mass is 351 g/mol. The summed E-state index contributed by atoms with van der Waals surface area (Å²) >= 11 is 0. The maximum absolute atomic E-state index is 11.0. The first-order valence-electron chi connectivity index (χ1n) is 8.40. The van der Waals surface area contributed by atoms with Crippen LogP contribution in [0.25, 0.3) is 11.8 Å². The summed E-state index contributed by atoms with van der Waals surface area (Å²) in [6.45, 7) is 3.75. The maximum atomic E-state index is 11.0. The van der Waals surface area contributed by atoms with Crippen molar-refractivity contribution >= 4 is 17.7 Å². The smallest absolute Gasteiger partial charge is 0.330 e. The van der Waals surface area contributed by atoms with Crippen molar-refractivity contribution in [1.29, 1.82) is 0 Å². The van der Waals surface area contributed by atoms with Gasteiger partial charge in [0, 0.05) is 17.2 Å². The number of carbonyl (C=O) groups excluding carboxylic acids is 1. The number of hydrogen-bond acceptors (Lipinski definition) is 5. The van der Waals surface area contributed by atoms with Crippen LogP contribution in [0.1, 0.15) is 23.1 Å². The number of ether oxygens (including phenoxy) is 2. The fraction of sp³-hybridized carbons (Fsp3) is 0.190. The van der Waals surface area contributed by atoms with Crippen LogP contribution in [0.5, 0.6) is 11.5 Å². The second kappa shape index (κ2) is 8.25. The van der Waals surface area contributed by atoms with Gasteiger partial charge in [-0.05, 0) is 54.8 Å². The highest BCUT2D eigenvalue weighted by Gasteiger charge is 2.13. The molecule has 26 heavy (non-hydrogen) atoms. The third kappa shape index (κ3) is 4.25. The SMILES string of the molecule is C=CC(=O)OCCCc1ccc2c(c1)ONC(c1ccc(OC)cc1)=C2. The van der Waals surface area contributed by atoms with E-state index in [9.17, 15) is 4.79 Å². The zero-order chi connectivity index (χ0) is 18.4. The summed E-state index contributed by atoms with van der Waals surface area (Å²) in [5, 5.41) is 0. The fourth-order valence-corrected chi connectivity index (χ4v) is 2.66. The van der Waals surface area contributed by atoms with Crippen LogP contribution in [-0.4, -0.2) is 19.7 Å². The topological polar surface area (TPSA) is 56.8 Å². The minimum atomic E-state index is -0.390. The Morgan fingerprint density at radius 2 is 2.04 bits per heavy atom. The van der Waals surface area contributed by atoms with Gasteiger partial charge in [-0.3, -0.25) is 0 Å². The molecule has 0 bridgehead atoms. The Hall–Kier alpha value is -3.21. The molecular formula is C21H21NO4. The van der Waals surface area contributed by atoms with Gasteiger partial charge in [-0.15, -0.1) is 0 Å². The molecule has 0 fully saturated rings. The molecule has 3 rings (SSSR count). The summed E-state index contributed by atoms with van der Waals surface area (Å²) in [7, 11) is 1.65. The molecule has 1 heterocycles. The number of methoxy groups -OCH3 is 1. The highest BCUT2D eigenvalue weighted by atomic mass is 16.6. The van der Waals surface area contributed by atoms with Crippen LogP contribution in [0.3, 0.4) is 0 Å². The molecule has 0 saturated heterocycles. The minimum Gasteiger partial charge on any atom is -0.497 e. The van der Waals surface area contributed by atoms with E-state index in [0.29, 0.717) is 6.61 Å². The van der Waals surface area contributed by atoms with E-state index in [1.807, 2.05) is 36.4 Å². The average molecular weight is 351 g/mol. The standard InChI is InChI=1S/C21H21NO4/c1-3-21(23)25-12-4-5-15-6-7-17-14-19(22-26-20(17)13-15)16-8-10-18(24-2)11-9-16/h3,6-11,13-14,22H,1,4-5,12H2,2H3. The maximum Gasteiger partial charge on any atom is 0.330 e. The largest absolute Gasteiger partial charge is 0.497 e. The molecule has 1 aliphatic rings. The molecule has 0 spiro atoms. The molecule has 1 N–H and O–H groups in total. The van der Waals surface area contributed by atoms with Gasteiger partial charge < -0.3 is 14.3 Å². The Morgan fingerprint density at radius 1 is 1.23 bits per heavy atom. The molecule has 0 amide bonds. The quantitative estimate of drug-likeness (QED) is 0.468. The van der Waals surface area contributed by atoms with Crippen molar-refractivity contribution in [3.63, 3.8) is 0 Å². The molecular weight excluding hydrogens is 330 g/mol. The normalized spacial score (nSPS) is 12.1. The predicted molar refractivity (Wildman–Crippen MR) is 101 cm³/mol. The second-order valence-electron chi connectivity index (χ2n) is 5.84. The number of hydroxylamine groups is 1. The first kappa shape index (κ1) is 17.6. The Bertz CT molecular complexity index is 824. The first-order chi connectivity index (χ1) is 12.7. The van der Waals surface area contributed by atoms with Gasteiger partial charge >= 0.3 is 5.97 Å². The highest BCUT2D eigenvalue weighted by molar-refractivity contribution is 5.83. The van der Waals surface area contributed by atoms with Gasteiger partial charge in [0.05, 0.1) is 19.4 Å². The number of hydrogen-bond donors (Lipinski definition) is 1. The zero-order valence-electron chi connectivity index (χ0n) is 14.7. The van der Waals surface area contributed by atoms with Crippen molar-refractivity contribution in [1.82, 2.24) is 5.48 Å². The summed E-state index contributed by atoms with van der Waals surface area (Å²) in [5.74, 6) is 1.21. The van der Waals surface area contributed by atoms with E-state index in [2.05, 4.69) is 24.2 Å². The molecule has 2 aromatic carbocycles. The lowest BCUT2D eigenvalue weighted by Gasteiger charge is -2.20. The summed E-state index contributed by atoms with van der Waals surface area (Å²) in [6, 6.07) is 13.9. The number of fused-ring (bicyclic) bond motifs is 1. The minimum absolute atomic E-state index is 0.378.